The van der Waals surface area contributed by atoms with Crippen molar-refractivity contribution in [2.75, 3.05) is 19.6 Å². The summed E-state index contributed by atoms with van der Waals surface area (Å²) >= 11 is 0. The summed E-state index contributed by atoms with van der Waals surface area (Å²) in [5, 5.41) is 0. The quantitative estimate of drug-likeness (QED) is 0.360. The number of nitrogens with zero attached hydrogens (tertiary/aromatic N) is 1. The normalized spacial score (nSPS) is 10.9. The van der Waals surface area contributed by atoms with E-state index in [4.69, 9.17) is 0 Å². The summed E-state index contributed by atoms with van der Waals surface area (Å²) in [5.74, 6) is 0. The first-order valence-corrected chi connectivity index (χ1v) is 10.5. The molecule has 2 N–H and O–H groups in total. The summed E-state index contributed by atoms with van der Waals surface area (Å²) in [7, 11) is 0. The van der Waals surface area contributed by atoms with Gasteiger partial charge in [-0.25, -0.2) is 0 Å². The van der Waals surface area contributed by atoms with Crippen molar-refractivity contribution in [2.24, 2.45) is 0 Å². The van der Waals surface area contributed by atoms with Gasteiger partial charge < -0.3 is 10.4 Å². The van der Waals surface area contributed by atoms with Crippen molar-refractivity contribution < 1.29 is 5.48 Å². The number of benzene rings is 1. The van der Waals surface area contributed by atoms with Crippen LogP contribution < -0.4 is 0 Å². The zero-order chi connectivity index (χ0) is 17.5. The average Bonchev–Trinajstić information content (AvgIpc) is 2.60. The molecular weight excluding hydrogens is 306 g/mol. The molecule has 146 valence electrons. The highest BCUT2D eigenvalue weighted by molar-refractivity contribution is 5.25. The van der Waals surface area contributed by atoms with Crippen LogP contribution in [0.5, 0.6) is 0 Å². The standard InChI is InChI=1S/C23H41N.H2O/c1-4-24(5-2)21-17-13-11-9-7-6-8-10-12-14-19-23-20-16-15-18-22(23)3;/h15-16,18,20H,4-14,17,19,21H2,1-3H3;1H2. The lowest BCUT2D eigenvalue weighted by molar-refractivity contribution is 0.295. The summed E-state index contributed by atoms with van der Waals surface area (Å²) in [6, 6.07) is 8.83. The maximum Gasteiger partial charge on any atom is -0.00190 e. The minimum absolute atomic E-state index is 0. The SMILES string of the molecule is CCN(CC)CCCCCCCCCCCCc1ccccc1C.O. The molecule has 0 bridgehead atoms. The molecule has 0 fully saturated rings. The molecule has 0 saturated carbocycles. The van der Waals surface area contributed by atoms with Crippen molar-refractivity contribution in [1.29, 1.82) is 0 Å². The fourth-order valence-electron chi connectivity index (χ4n) is 3.50. The van der Waals surface area contributed by atoms with Gasteiger partial charge >= 0.3 is 0 Å². The Hall–Kier alpha value is -0.860. The van der Waals surface area contributed by atoms with Crippen LogP contribution in [0.2, 0.25) is 0 Å². The van der Waals surface area contributed by atoms with Crippen molar-refractivity contribution >= 4 is 0 Å². The van der Waals surface area contributed by atoms with Crippen molar-refractivity contribution in [2.45, 2.75) is 91.4 Å². The second-order valence-electron chi connectivity index (χ2n) is 7.24. The van der Waals surface area contributed by atoms with Crippen molar-refractivity contribution in [1.82, 2.24) is 4.90 Å². The number of hydrogen-bond donors (Lipinski definition) is 0. The van der Waals surface area contributed by atoms with Crippen LogP contribution in [0.15, 0.2) is 24.3 Å². The van der Waals surface area contributed by atoms with E-state index in [0.717, 1.165) is 0 Å². The fourth-order valence-corrected chi connectivity index (χ4v) is 3.50. The number of hydrogen-bond acceptors (Lipinski definition) is 1. The van der Waals surface area contributed by atoms with Gasteiger partial charge in [-0.3, -0.25) is 0 Å². The van der Waals surface area contributed by atoms with E-state index >= 15 is 0 Å². The summed E-state index contributed by atoms with van der Waals surface area (Å²) < 4.78 is 0. The van der Waals surface area contributed by atoms with Crippen LogP contribution in [0.4, 0.5) is 0 Å². The Bertz CT molecular complexity index is 401. The van der Waals surface area contributed by atoms with Gasteiger partial charge in [-0.1, -0.05) is 89.5 Å². The second-order valence-corrected chi connectivity index (χ2v) is 7.24. The van der Waals surface area contributed by atoms with Gasteiger partial charge in [0.25, 0.3) is 0 Å². The lowest BCUT2D eigenvalue weighted by atomic mass is 10.0. The molecule has 0 spiro atoms. The molecule has 0 saturated heterocycles. The largest absolute Gasteiger partial charge is 0.412 e. The van der Waals surface area contributed by atoms with E-state index in [1.54, 1.807) is 5.56 Å². The molecule has 25 heavy (non-hydrogen) atoms. The molecule has 0 atom stereocenters. The summed E-state index contributed by atoms with van der Waals surface area (Å²) in [6.45, 7) is 10.5. The Kier molecular flexibility index (Phi) is 16.0. The van der Waals surface area contributed by atoms with Crippen molar-refractivity contribution in [3.8, 4) is 0 Å². The molecule has 1 aromatic carbocycles. The average molecular weight is 350 g/mol. The highest BCUT2D eigenvalue weighted by atomic mass is 16.0. The molecule has 0 amide bonds. The maximum atomic E-state index is 2.54. The Balaban J connectivity index is 0.00000576. The van der Waals surface area contributed by atoms with Crippen molar-refractivity contribution in [3.05, 3.63) is 35.4 Å². The summed E-state index contributed by atoms with van der Waals surface area (Å²) in [5.41, 5.74) is 3.00. The Labute approximate surface area is 157 Å². The Morgan fingerprint density at radius 2 is 1.16 bits per heavy atom. The molecule has 2 nitrogen and oxygen atoms in total. The maximum absolute atomic E-state index is 2.54. The van der Waals surface area contributed by atoms with E-state index in [9.17, 15) is 0 Å². The van der Waals surface area contributed by atoms with Gasteiger partial charge in [0, 0.05) is 0 Å². The molecule has 0 aromatic heterocycles. The molecule has 1 rings (SSSR count). The molecule has 0 aliphatic rings. The predicted octanol–water partition coefficient (Wildman–Crippen LogP) is 5.96. The summed E-state index contributed by atoms with van der Waals surface area (Å²) in [6.07, 6.45) is 15.5. The van der Waals surface area contributed by atoms with E-state index in [1.165, 1.54) is 95.8 Å². The minimum atomic E-state index is 0. The number of aryl methyl sites for hydroxylation is 2. The van der Waals surface area contributed by atoms with Gasteiger partial charge in [0.15, 0.2) is 0 Å². The van der Waals surface area contributed by atoms with E-state index in [2.05, 4.69) is 49.9 Å². The van der Waals surface area contributed by atoms with Gasteiger partial charge in [0.05, 0.1) is 0 Å². The molecule has 1 aromatic rings. The smallest absolute Gasteiger partial charge is 0.00190 e. The Morgan fingerprint density at radius 1 is 0.680 bits per heavy atom. The van der Waals surface area contributed by atoms with Gasteiger partial charge in [-0.15, -0.1) is 0 Å². The molecular formula is C23H43NO. The van der Waals surface area contributed by atoms with Gasteiger partial charge in [0.1, 0.15) is 0 Å². The number of unbranched alkanes of at least 4 members (excludes halogenated alkanes) is 9. The first kappa shape index (κ1) is 24.1. The van der Waals surface area contributed by atoms with E-state index in [-0.39, 0.29) is 5.48 Å². The zero-order valence-electron chi connectivity index (χ0n) is 17.2. The molecule has 0 aliphatic heterocycles. The molecule has 0 heterocycles. The van der Waals surface area contributed by atoms with Crippen LogP contribution in [0, 0.1) is 6.92 Å². The lowest BCUT2D eigenvalue weighted by Crippen LogP contribution is -2.23. The second kappa shape index (κ2) is 16.6. The fraction of sp³-hybridized carbons (Fsp3) is 0.739. The Morgan fingerprint density at radius 3 is 1.68 bits per heavy atom. The highest BCUT2D eigenvalue weighted by Crippen LogP contribution is 2.14. The van der Waals surface area contributed by atoms with Crippen LogP contribution in [-0.2, 0) is 6.42 Å². The van der Waals surface area contributed by atoms with Crippen molar-refractivity contribution in [3.63, 3.8) is 0 Å². The van der Waals surface area contributed by atoms with E-state index in [0.29, 0.717) is 0 Å². The van der Waals surface area contributed by atoms with Crippen LogP contribution in [-0.4, -0.2) is 30.0 Å². The lowest BCUT2D eigenvalue weighted by Gasteiger charge is -2.17. The van der Waals surface area contributed by atoms with Crippen LogP contribution in [0.3, 0.4) is 0 Å². The van der Waals surface area contributed by atoms with E-state index < -0.39 is 0 Å². The number of rotatable bonds is 15. The predicted molar refractivity (Wildman–Crippen MR) is 112 cm³/mol. The first-order chi connectivity index (χ1) is 11.8. The van der Waals surface area contributed by atoms with E-state index in [1.807, 2.05) is 0 Å². The third-order valence-corrected chi connectivity index (χ3v) is 5.33. The van der Waals surface area contributed by atoms with Gasteiger partial charge in [-0.05, 0) is 56.9 Å². The zero-order valence-corrected chi connectivity index (χ0v) is 17.2. The minimum Gasteiger partial charge on any atom is -0.412 e. The molecule has 0 unspecified atom stereocenters. The molecule has 0 aliphatic carbocycles. The molecule has 2 heteroatoms. The monoisotopic (exact) mass is 349 g/mol. The summed E-state index contributed by atoms with van der Waals surface area (Å²) in [4.78, 5) is 2.54. The van der Waals surface area contributed by atoms with Crippen LogP contribution in [0.1, 0.15) is 89.2 Å². The van der Waals surface area contributed by atoms with Crippen LogP contribution in [0.25, 0.3) is 0 Å². The molecule has 0 radical (unpaired) electrons. The third kappa shape index (κ3) is 12.2. The van der Waals surface area contributed by atoms with Crippen LogP contribution >= 0.6 is 0 Å². The third-order valence-electron chi connectivity index (χ3n) is 5.33. The highest BCUT2D eigenvalue weighted by Gasteiger charge is 1.99. The van der Waals surface area contributed by atoms with Gasteiger partial charge in [-0.2, -0.15) is 0 Å². The first-order valence-electron chi connectivity index (χ1n) is 10.5. The van der Waals surface area contributed by atoms with Gasteiger partial charge in [0.2, 0.25) is 0 Å². The topological polar surface area (TPSA) is 34.7 Å².